The van der Waals surface area contributed by atoms with Gasteiger partial charge in [0.05, 0.1) is 17.5 Å². The molecule has 0 spiro atoms. The van der Waals surface area contributed by atoms with Crippen LogP contribution in [-0.2, 0) is 6.42 Å². The lowest BCUT2D eigenvalue weighted by atomic mass is 10.2. The van der Waals surface area contributed by atoms with Crippen LogP contribution in [-0.4, -0.2) is 48.8 Å². The molecule has 2 heterocycles. The van der Waals surface area contributed by atoms with Crippen LogP contribution in [0.4, 0.5) is 11.5 Å². The standard InChI is InChI=1S/C25H28N6O3/c1-4-22(33)30(17-8-6-5-7-9-17)13-12-19-23-24(25(26)28-15-27-23)31(29-19)18-10-11-21(20(32)14-18)34-16(2)3/h4-11,14-16,22,32-33H,1,12-13H2,2-3H3,(H2,26,27,28). The molecular formula is C25H28N6O3. The molecule has 2 aromatic carbocycles. The molecule has 9 nitrogen and oxygen atoms in total. The number of ether oxygens (including phenoxy) is 1. The lowest BCUT2D eigenvalue weighted by Gasteiger charge is -2.27. The number of hydrogen-bond acceptors (Lipinski definition) is 8. The smallest absolute Gasteiger partial charge is 0.161 e. The number of fused-ring (bicyclic) bond motifs is 1. The van der Waals surface area contributed by atoms with Gasteiger partial charge in [0.1, 0.15) is 23.6 Å². The maximum Gasteiger partial charge on any atom is 0.161 e. The van der Waals surface area contributed by atoms with Gasteiger partial charge in [0.2, 0.25) is 0 Å². The van der Waals surface area contributed by atoms with Gasteiger partial charge in [-0.05, 0) is 44.2 Å². The molecule has 4 rings (SSSR count). The minimum atomic E-state index is -0.860. The molecule has 0 radical (unpaired) electrons. The summed E-state index contributed by atoms with van der Waals surface area (Å²) in [6, 6.07) is 14.6. The van der Waals surface area contributed by atoms with Gasteiger partial charge in [-0.25, -0.2) is 14.6 Å². The van der Waals surface area contributed by atoms with Crippen molar-refractivity contribution in [3.8, 4) is 17.2 Å². The third kappa shape index (κ3) is 4.65. The number of hydrogen-bond donors (Lipinski definition) is 3. The maximum absolute atomic E-state index is 10.5. The SMILES string of the molecule is C=CC(O)N(CCc1nn(-c2ccc(OC(C)C)c(O)c2)c2c(N)ncnc12)c1ccccc1. The lowest BCUT2D eigenvalue weighted by Crippen LogP contribution is -2.35. The monoisotopic (exact) mass is 460 g/mol. The predicted octanol–water partition coefficient (Wildman–Crippen LogP) is 3.44. The zero-order valence-corrected chi connectivity index (χ0v) is 19.2. The zero-order valence-electron chi connectivity index (χ0n) is 19.2. The molecule has 1 unspecified atom stereocenters. The molecule has 0 bridgehead atoms. The van der Waals surface area contributed by atoms with Crippen LogP contribution in [0, 0.1) is 0 Å². The third-order valence-electron chi connectivity index (χ3n) is 5.31. The summed E-state index contributed by atoms with van der Waals surface area (Å²) in [5, 5.41) is 25.7. The van der Waals surface area contributed by atoms with Crippen molar-refractivity contribution in [1.82, 2.24) is 19.7 Å². The molecule has 0 aliphatic carbocycles. The van der Waals surface area contributed by atoms with Gasteiger partial charge >= 0.3 is 0 Å². The van der Waals surface area contributed by atoms with E-state index in [4.69, 9.17) is 15.6 Å². The maximum atomic E-state index is 10.5. The van der Waals surface area contributed by atoms with Crippen molar-refractivity contribution in [2.24, 2.45) is 0 Å². The van der Waals surface area contributed by atoms with E-state index in [1.807, 2.05) is 49.1 Å². The predicted molar refractivity (Wildman–Crippen MR) is 132 cm³/mol. The molecule has 4 aromatic rings. The van der Waals surface area contributed by atoms with Gasteiger partial charge in [0.25, 0.3) is 0 Å². The number of phenolic OH excluding ortho intramolecular Hbond substituents is 1. The topological polar surface area (TPSA) is 123 Å². The summed E-state index contributed by atoms with van der Waals surface area (Å²) >= 11 is 0. The highest BCUT2D eigenvalue weighted by atomic mass is 16.5. The molecule has 2 aromatic heterocycles. The Bertz CT molecular complexity index is 1290. The number of rotatable bonds is 9. The van der Waals surface area contributed by atoms with Gasteiger partial charge in [-0.3, -0.25) is 0 Å². The van der Waals surface area contributed by atoms with Gasteiger partial charge < -0.3 is 25.6 Å². The molecule has 176 valence electrons. The van der Waals surface area contributed by atoms with Crippen LogP contribution in [0.1, 0.15) is 19.5 Å². The van der Waals surface area contributed by atoms with Crippen LogP contribution in [0.15, 0.2) is 67.5 Å². The molecule has 0 aliphatic heterocycles. The Morgan fingerprint density at radius 1 is 1.18 bits per heavy atom. The van der Waals surface area contributed by atoms with Crippen molar-refractivity contribution in [3.63, 3.8) is 0 Å². The molecule has 0 saturated carbocycles. The van der Waals surface area contributed by atoms with Crippen molar-refractivity contribution < 1.29 is 14.9 Å². The van der Waals surface area contributed by atoms with Gasteiger partial charge in [-0.15, -0.1) is 0 Å². The summed E-state index contributed by atoms with van der Waals surface area (Å²) in [6.07, 6.45) is 2.42. The Labute approximate surface area is 197 Å². The van der Waals surface area contributed by atoms with Gasteiger partial charge in [0, 0.05) is 24.7 Å². The highest BCUT2D eigenvalue weighted by molar-refractivity contribution is 5.88. The minimum absolute atomic E-state index is 0.00354. The van der Waals surface area contributed by atoms with Crippen LogP contribution in [0.3, 0.4) is 0 Å². The molecule has 9 heteroatoms. The van der Waals surface area contributed by atoms with E-state index in [0.29, 0.717) is 41.1 Å². The summed E-state index contributed by atoms with van der Waals surface area (Å²) in [7, 11) is 0. The highest BCUT2D eigenvalue weighted by Gasteiger charge is 2.20. The molecule has 0 amide bonds. The summed E-state index contributed by atoms with van der Waals surface area (Å²) < 4.78 is 7.25. The first-order valence-corrected chi connectivity index (χ1v) is 11.0. The average Bonchev–Trinajstić information content (AvgIpc) is 3.21. The second-order valence-electron chi connectivity index (χ2n) is 8.06. The van der Waals surface area contributed by atoms with E-state index in [9.17, 15) is 10.2 Å². The summed E-state index contributed by atoms with van der Waals surface area (Å²) in [4.78, 5) is 10.4. The number of benzene rings is 2. The second kappa shape index (κ2) is 9.80. The Kier molecular flexibility index (Phi) is 6.65. The van der Waals surface area contributed by atoms with Crippen molar-refractivity contribution in [3.05, 3.63) is 73.2 Å². The van der Waals surface area contributed by atoms with Crippen molar-refractivity contribution in [2.75, 3.05) is 17.2 Å². The zero-order chi connectivity index (χ0) is 24.2. The van der Waals surface area contributed by atoms with Crippen LogP contribution in [0.5, 0.6) is 11.5 Å². The van der Waals surface area contributed by atoms with Gasteiger partial charge in [0.15, 0.2) is 17.3 Å². The van der Waals surface area contributed by atoms with E-state index < -0.39 is 6.23 Å². The van der Waals surface area contributed by atoms with Gasteiger partial charge in [-0.1, -0.05) is 24.8 Å². The van der Waals surface area contributed by atoms with Crippen molar-refractivity contribution >= 4 is 22.5 Å². The number of nitrogen functional groups attached to an aromatic ring is 1. The molecule has 1 atom stereocenters. The molecule has 4 N–H and O–H groups in total. The Balaban J connectivity index is 1.71. The minimum Gasteiger partial charge on any atom is -0.504 e. The Hall–Kier alpha value is -4.11. The van der Waals surface area contributed by atoms with E-state index in [2.05, 4.69) is 16.5 Å². The lowest BCUT2D eigenvalue weighted by molar-refractivity contribution is 0.217. The number of phenols is 1. The molecule has 0 fully saturated rings. The number of aromatic nitrogens is 4. The van der Waals surface area contributed by atoms with Crippen molar-refractivity contribution in [1.29, 1.82) is 0 Å². The van der Waals surface area contributed by atoms with E-state index in [1.165, 1.54) is 12.4 Å². The number of anilines is 2. The summed E-state index contributed by atoms with van der Waals surface area (Å²) in [6.45, 7) is 7.96. The average molecular weight is 461 g/mol. The Morgan fingerprint density at radius 2 is 1.94 bits per heavy atom. The second-order valence-corrected chi connectivity index (χ2v) is 8.06. The number of para-hydroxylation sites is 1. The fraction of sp³-hybridized carbons (Fsp3) is 0.240. The summed E-state index contributed by atoms with van der Waals surface area (Å²) in [5.74, 6) is 0.657. The summed E-state index contributed by atoms with van der Waals surface area (Å²) in [5.41, 5.74) is 9.49. The van der Waals surface area contributed by atoms with E-state index in [-0.39, 0.29) is 17.7 Å². The van der Waals surface area contributed by atoms with Crippen molar-refractivity contribution in [2.45, 2.75) is 32.6 Å². The molecular weight excluding hydrogens is 432 g/mol. The fourth-order valence-electron chi connectivity index (χ4n) is 3.76. The fourth-order valence-corrected chi connectivity index (χ4v) is 3.76. The Morgan fingerprint density at radius 3 is 2.62 bits per heavy atom. The first kappa shape index (κ1) is 23.1. The third-order valence-corrected chi connectivity index (χ3v) is 5.31. The quantitative estimate of drug-likeness (QED) is 0.256. The number of nitrogens with zero attached hydrogens (tertiary/aromatic N) is 5. The van der Waals surface area contributed by atoms with E-state index in [1.54, 1.807) is 22.9 Å². The number of aromatic hydroxyl groups is 1. The first-order chi connectivity index (χ1) is 16.4. The molecule has 0 saturated heterocycles. The van der Waals surface area contributed by atoms with Crippen LogP contribution >= 0.6 is 0 Å². The highest BCUT2D eigenvalue weighted by Crippen LogP contribution is 2.32. The van der Waals surface area contributed by atoms with E-state index >= 15 is 0 Å². The van der Waals surface area contributed by atoms with Gasteiger partial charge in [-0.2, -0.15) is 5.10 Å². The molecule has 0 aliphatic rings. The van der Waals surface area contributed by atoms with Crippen LogP contribution < -0.4 is 15.4 Å². The van der Waals surface area contributed by atoms with Crippen LogP contribution in [0.25, 0.3) is 16.7 Å². The molecule has 34 heavy (non-hydrogen) atoms. The normalized spacial score (nSPS) is 12.1. The van der Waals surface area contributed by atoms with E-state index in [0.717, 1.165) is 5.69 Å². The number of nitrogens with two attached hydrogens (primary N) is 1. The number of aliphatic hydroxyl groups excluding tert-OH is 1. The number of aliphatic hydroxyl groups is 1. The first-order valence-electron chi connectivity index (χ1n) is 11.0. The van der Waals surface area contributed by atoms with Crippen LogP contribution in [0.2, 0.25) is 0 Å². The largest absolute Gasteiger partial charge is 0.504 e.